The molecule has 5 heteroatoms. The predicted octanol–water partition coefficient (Wildman–Crippen LogP) is 7.97. The van der Waals surface area contributed by atoms with Gasteiger partial charge in [-0.2, -0.15) is 0 Å². The molecule has 2 atom stereocenters. The minimum Gasteiger partial charge on any atom is -0.372 e. The molecular weight excluding hydrogens is 454 g/mol. The summed E-state index contributed by atoms with van der Waals surface area (Å²) in [5, 5.41) is 9.41. The molecule has 1 aromatic heterocycles. The van der Waals surface area contributed by atoms with E-state index in [0.717, 1.165) is 80.2 Å². The monoisotopic (exact) mass is 499 g/mol. The fourth-order valence-electron chi connectivity index (χ4n) is 5.39. The van der Waals surface area contributed by atoms with E-state index in [9.17, 15) is 0 Å². The van der Waals surface area contributed by atoms with Crippen LogP contribution in [-0.2, 0) is 0 Å². The lowest BCUT2D eigenvalue weighted by molar-refractivity contribution is 0.728. The van der Waals surface area contributed by atoms with Crippen molar-refractivity contribution >= 4 is 11.4 Å². The second-order valence-electron chi connectivity index (χ2n) is 10.4. The van der Waals surface area contributed by atoms with E-state index in [0.29, 0.717) is 11.8 Å². The highest BCUT2D eigenvalue weighted by molar-refractivity contribution is 5.79. The van der Waals surface area contributed by atoms with Crippen LogP contribution in [0.2, 0.25) is 0 Å². The van der Waals surface area contributed by atoms with Crippen LogP contribution in [0, 0.1) is 5.92 Å². The van der Waals surface area contributed by atoms with Crippen molar-refractivity contribution in [3.05, 3.63) is 54.4 Å². The standard InChI is InChI=1S/C32H45N5/c1-6-19-36(20-7-2)27-15-11-25(12-16-27)30-31(34-35-32(33-30)29-23-24(29)10-5)26-13-17-28(18-14-26)37(21-8-3)22-9-4/h11-18,24,29H,6-10,19-23H2,1-5H3. The number of rotatable bonds is 14. The molecule has 37 heavy (non-hydrogen) atoms. The zero-order valence-corrected chi connectivity index (χ0v) is 23.6. The predicted molar refractivity (Wildman–Crippen MR) is 157 cm³/mol. The summed E-state index contributed by atoms with van der Waals surface area (Å²) in [7, 11) is 0. The van der Waals surface area contributed by atoms with Gasteiger partial charge in [0.2, 0.25) is 0 Å². The Morgan fingerprint density at radius 2 is 1.08 bits per heavy atom. The van der Waals surface area contributed by atoms with Crippen LogP contribution < -0.4 is 9.80 Å². The maximum Gasteiger partial charge on any atom is 0.155 e. The number of anilines is 2. The van der Waals surface area contributed by atoms with E-state index in [2.05, 4.69) is 98.0 Å². The third-order valence-corrected chi connectivity index (χ3v) is 7.47. The number of hydrogen-bond donors (Lipinski definition) is 0. The maximum atomic E-state index is 5.15. The first-order chi connectivity index (χ1) is 18.1. The van der Waals surface area contributed by atoms with Gasteiger partial charge in [-0.3, -0.25) is 0 Å². The lowest BCUT2D eigenvalue weighted by Crippen LogP contribution is -2.24. The molecule has 5 nitrogen and oxygen atoms in total. The Morgan fingerprint density at radius 3 is 1.49 bits per heavy atom. The maximum absolute atomic E-state index is 5.15. The van der Waals surface area contributed by atoms with Crippen molar-refractivity contribution < 1.29 is 0 Å². The number of nitrogens with zero attached hydrogens (tertiary/aromatic N) is 5. The Kier molecular flexibility index (Phi) is 9.54. The minimum absolute atomic E-state index is 0.452. The molecule has 198 valence electrons. The molecule has 0 radical (unpaired) electrons. The van der Waals surface area contributed by atoms with Crippen molar-refractivity contribution in [2.45, 2.75) is 79.1 Å². The quantitative estimate of drug-likeness (QED) is 0.225. The molecule has 3 aromatic rings. The molecule has 0 saturated heterocycles. The van der Waals surface area contributed by atoms with Crippen LogP contribution >= 0.6 is 0 Å². The van der Waals surface area contributed by atoms with Gasteiger partial charge in [0, 0.05) is 54.6 Å². The molecule has 0 aliphatic heterocycles. The van der Waals surface area contributed by atoms with Gasteiger partial charge in [-0.15, -0.1) is 10.2 Å². The van der Waals surface area contributed by atoms with E-state index in [1.54, 1.807) is 0 Å². The molecule has 1 heterocycles. The first-order valence-corrected chi connectivity index (χ1v) is 14.6. The summed E-state index contributed by atoms with van der Waals surface area (Å²) in [4.78, 5) is 10.1. The van der Waals surface area contributed by atoms with Crippen LogP contribution in [0.25, 0.3) is 22.5 Å². The molecule has 1 saturated carbocycles. The zero-order valence-electron chi connectivity index (χ0n) is 23.6. The fraction of sp³-hybridized carbons (Fsp3) is 0.531. The SMILES string of the molecule is CCCN(CCC)c1ccc(-c2nnc(C3CC3CC)nc2-c2ccc(N(CCC)CCC)cc2)cc1. The third-order valence-electron chi connectivity index (χ3n) is 7.47. The molecule has 0 amide bonds. The second-order valence-corrected chi connectivity index (χ2v) is 10.4. The van der Waals surface area contributed by atoms with Gasteiger partial charge < -0.3 is 9.80 Å². The van der Waals surface area contributed by atoms with E-state index < -0.39 is 0 Å². The Balaban J connectivity index is 1.69. The summed E-state index contributed by atoms with van der Waals surface area (Å²) in [5.41, 5.74) is 6.55. The summed E-state index contributed by atoms with van der Waals surface area (Å²) in [6, 6.07) is 17.8. The van der Waals surface area contributed by atoms with E-state index in [1.807, 2.05) is 0 Å². The number of aromatic nitrogens is 3. The summed E-state index contributed by atoms with van der Waals surface area (Å²) < 4.78 is 0. The van der Waals surface area contributed by atoms with E-state index in [4.69, 9.17) is 10.1 Å². The smallest absolute Gasteiger partial charge is 0.155 e. The van der Waals surface area contributed by atoms with Gasteiger partial charge in [-0.25, -0.2) is 4.98 Å². The highest BCUT2D eigenvalue weighted by atomic mass is 15.2. The average Bonchev–Trinajstić information content (AvgIpc) is 3.73. The molecule has 4 rings (SSSR count). The molecule has 2 unspecified atom stereocenters. The van der Waals surface area contributed by atoms with Gasteiger partial charge in [0.1, 0.15) is 11.4 Å². The van der Waals surface area contributed by atoms with Crippen LogP contribution in [-0.4, -0.2) is 41.4 Å². The first kappa shape index (κ1) is 27.1. The van der Waals surface area contributed by atoms with Gasteiger partial charge in [0.15, 0.2) is 5.82 Å². The number of benzene rings is 2. The Morgan fingerprint density at radius 1 is 0.622 bits per heavy atom. The molecule has 1 aliphatic carbocycles. The van der Waals surface area contributed by atoms with Crippen LogP contribution in [0.3, 0.4) is 0 Å². The molecule has 1 aliphatic rings. The van der Waals surface area contributed by atoms with Gasteiger partial charge in [-0.1, -0.05) is 65.3 Å². The molecule has 0 N–H and O–H groups in total. The summed E-state index contributed by atoms with van der Waals surface area (Å²) in [6.45, 7) is 15.5. The van der Waals surface area contributed by atoms with Crippen LogP contribution in [0.4, 0.5) is 11.4 Å². The Labute approximate surface area is 224 Å². The van der Waals surface area contributed by atoms with Crippen molar-refractivity contribution in [3.63, 3.8) is 0 Å². The van der Waals surface area contributed by atoms with Gasteiger partial charge in [-0.05, 0) is 62.3 Å². The lowest BCUT2D eigenvalue weighted by Gasteiger charge is -2.24. The first-order valence-electron chi connectivity index (χ1n) is 14.6. The lowest BCUT2D eigenvalue weighted by atomic mass is 10.0. The van der Waals surface area contributed by atoms with Gasteiger partial charge >= 0.3 is 0 Å². The molecule has 2 aromatic carbocycles. The zero-order chi connectivity index (χ0) is 26.2. The highest BCUT2D eigenvalue weighted by Crippen LogP contribution is 2.48. The van der Waals surface area contributed by atoms with E-state index in [-0.39, 0.29) is 0 Å². The van der Waals surface area contributed by atoms with Crippen LogP contribution in [0.5, 0.6) is 0 Å². The van der Waals surface area contributed by atoms with Crippen LogP contribution in [0.1, 0.15) is 84.9 Å². The van der Waals surface area contributed by atoms with Crippen LogP contribution in [0.15, 0.2) is 48.5 Å². The molecular formula is C32H45N5. The van der Waals surface area contributed by atoms with Gasteiger partial charge in [0.25, 0.3) is 0 Å². The summed E-state index contributed by atoms with van der Waals surface area (Å²) >= 11 is 0. The summed E-state index contributed by atoms with van der Waals surface area (Å²) in [5.74, 6) is 2.05. The molecule has 0 bridgehead atoms. The Hall–Kier alpha value is -2.95. The minimum atomic E-state index is 0.452. The van der Waals surface area contributed by atoms with Gasteiger partial charge in [0.05, 0.1) is 0 Å². The normalized spacial score (nSPS) is 16.6. The average molecular weight is 500 g/mol. The van der Waals surface area contributed by atoms with Crippen molar-refractivity contribution in [2.75, 3.05) is 36.0 Å². The van der Waals surface area contributed by atoms with Crippen molar-refractivity contribution in [3.8, 4) is 22.5 Å². The number of hydrogen-bond acceptors (Lipinski definition) is 5. The molecule has 0 spiro atoms. The van der Waals surface area contributed by atoms with Crippen molar-refractivity contribution in [2.24, 2.45) is 5.92 Å². The highest BCUT2D eigenvalue weighted by Gasteiger charge is 2.39. The third kappa shape index (κ3) is 6.49. The van der Waals surface area contributed by atoms with E-state index in [1.165, 1.54) is 24.2 Å². The molecule has 1 fully saturated rings. The topological polar surface area (TPSA) is 45.2 Å². The van der Waals surface area contributed by atoms with Crippen molar-refractivity contribution in [1.29, 1.82) is 0 Å². The summed E-state index contributed by atoms with van der Waals surface area (Å²) in [6.07, 6.45) is 6.94. The fourth-order valence-corrected chi connectivity index (χ4v) is 5.39. The van der Waals surface area contributed by atoms with Crippen molar-refractivity contribution in [1.82, 2.24) is 15.2 Å². The second kappa shape index (κ2) is 13.0. The largest absolute Gasteiger partial charge is 0.372 e. The Bertz CT molecular complexity index is 1100. The van der Waals surface area contributed by atoms with E-state index >= 15 is 0 Å².